The van der Waals surface area contributed by atoms with E-state index in [4.69, 9.17) is 0 Å². The zero-order valence-corrected chi connectivity index (χ0v) is 11.0. The molecule has 102 valence electrons. The molecule has 0 aromatic carbocycles. The van der Waals surface area contributed by atoms with Gasteiger partial charge in [-0.2, -0.15) is 0 Å². The van der Waals surface area contributed by atoms with E-state index in [1.54, 1.807) is 18.3 Å². The minimum atomic E-state index is -0.900. The molecule has 5 nitrogen and oxygen atoms in total. The lowest BCUT2D eigenvalue weighted by atomic mass is 10.2. The van der Waals surface area contributed by atoms with E-state index in [1.165, 1.54) is 19.4 Å². The fourth-order valence-corrected chi connectivity index (χ4v) is 2.62. The molecule has 1 saturated carbocycles. The highest BCUT2D eigenvalue weighted by Crippen LogP contribution is 2.30. The van der Waals surface area contributed by atoms with Gasteiger partial charge in [0.25, 0.3) is 0 Å². The molecular weight excluding hydrogens is 242 g/mol. The van der Waals surface area contributed by atoms with E-state index in [1.807, 2.05) is 0 Å². The Morgan fingerprint density at radius 2 is 2.05 bits per heavy atom. The van der Waals surface area contributed by atoms with E-state index in [0.29, 0.717) is 11.4 Å². The molecule has 2 fully saturated rings. The SMILES string of the molecule is O=C(O)c1cccnc1N1CCN(CC2CC2)CC1. The lowest BCUT2D eigenvalue weighted by molar-refractivity contribution is 0.0697. The van der Waals surface area contributed by atoms with E-state index >= 15 is 0 Å². The molecule has 0 spiro atoms. The van der Waals surface area contributed by atoms with Gasteiger partial charge in [-0.25, -0.2) is 9.78 Å². The molecule has 1 N–H and O–H groups in total. The maximum Gasteiger partial charge on any atom is 0.339 e. The highest BCUT2D eigenvalue weighted by molar-refractivity contribution is 5.93. The average Bonchev–Trinajstić information content (AvgIpc) is 3.23. The third kappa shape index (κ3) is 2.87. The summed E-state index contributed by atoms with van der Waals surface area (Å²) < 4.78 is 0. The normalized spacial score (nSPS) is 20.5. The average molecular weight is 261 g/mol. The Hall–Kier alpha value is -1.62. The summed E-state index contributed by atoms with van der Waals surface area (Å²) in [6, 6.07) is 3.30. The minimum Gasteiger partial charge on any atom is -0.478 e. The van der Waals surface area contributed by atoms with E-state index in [0.717, 1.165) is 32.1 Å². The summed E-state index contributed by atoms with van der Waals surface area (Å²) in [4.78, 5) is 20.0. The van der Waals surface area contributed by atoms with Crippen molar-refractivity contribution in [3.63, 3.8) is 0 Å². The molecule has 0 amide bonds. The topological polar surface area (TPSA) is 56.7 Å². The molecule has 2 heterocycles. The smallest absolute Gasteiger partial charge is 0.339 e. The van der Waals surface area contributed by atoms with Crippen LogP contribution < -0.4 is 4.90 Å². The van der Waals surface area contributed by atoms with Crippen molar-refractivity contribution in [1.29, 1.82) is 0 Å². The van der Waals surface area contributed by atoms with Crippen molar-refractivity contribution in [1.82, 2.24) is 9.88 Å². The second-order valence-electron chi connectivity index (χ2n) is 5.41. The number of nitrogens with zero attached hydrogens (tertiary/aromatic N) is 3. The Bertz CT molecular complexity index is 466. The van der Waals surface area contributed by atoms with Gasteiger partial charge in [0.2, 0.25) is 0 Å². The molecule has 1 aromatic rings. The first-order valence-electron chi connectivity index (χ1n) is 6.89. The van der Waals surface area contributed by atoms with Crippen LogP contribution in [0.2, 0.25) is 0 Å². The summed E-state index contributed by atoms with van der Waals surface area (Å²) in [5.74, 6) is 0.626. The number of rotatable bonds is 4. The van der Waals surface area contributed by atoms with Crippen molar-refractivity contribution in [3.05, 3.63) is 23.9 Å². The Morgan fingerprint density at radius 3 is 2.68 bits per heavy atom. The Morgan fingerprint density at radius 1 is 1.32 bits per heavy atom. The first-order chi connectivity index (χ1) is 9.24. The number of anilines is 1. The standard InChI is InChI=1S/C14H19N3O2/c18-14(19)12-2-1-5-15-13(12)17-8-6-16(7-9-17)10-11-3-4-11/h1-2,5,11H,3-4,6-10H2,(H,18,19). The second-order valence-corrected chi connectivity index (χ2v) is 5.41. The predicted octanol–water partition coefficient (Wildman–Crippen LogP) is 1.31. The van der Waals surface area contributed by atoms with Crippen LogP contribution in [0.25, 0.3) is 0 Å². The van der Waals surface area contributed by atoms with Crippen molar-refractivity contribution in [3.8, 4) is 0 Å². The third-order valence-corrected chi connectivity index (χ3v) is 3.90. The quantitative estimate of drug-likeness (QED) is 0.885. The van der Waals surface area contributed by atoms with Gasteiger partial charge in [-0.05, 0) is 30.9 Å². The number of pyridine rings is 1. The molecule has 0 bridgehead atoms. The van der Waals surface area contributed by atoms with Crippen LogP contribution in [-0.2, 0) is 0 Å². The number of carbonyl (C=O) groups is 1. The third-order valence-electron chi connectivity index (χ3n) is 3.90. The van der Waals surface area contributed by atoms with Crippen molar-refractivity contribution in [2.45, 2.75) is 12.8 Å². The number of piperazine rings is 1. The number of hydrogen-bond donors (Lipinski definition) is 1. The zero-order valence-electron chi connectivity index (χ0n) is 11.0. The van der Waals surface area contributed by atoms with Gasteiger partial charge in [-0.3, -0.25) is 4.90 Å². The maximum absolute atomic E-state index is 11.2. The van der Waals surface area contributed by atoms with Crippen LogP contribution in [0.1, 0.15) is 23.2 Å². The second kappa shape index (κ2) is 5.17. The summed E-state index contributed by atoms with van der Waals surface area (Å²) in [6.45, 7) is 4.95. The van der Waals surface area contributed by atoms with Crippen LogP contribution >= 0.6 is 0 Å². The molecule has 0 radical (unpaired) electrons. The van der Waals surface area contributed by atoms with Crippen molar-refractivity contribution in [2.75, 3.05) is 37.6 Å². The Labute approximate surface area is 112 Å². The minimum absolute atomic E-state index is 0.304. The Balaban J connectivity index is 1.65. The van der Waals surface area contributed by atoms with Crippen LogP contribution in [-0.4, -0.2) is 53.7 Å². The fraction of sp³-hybridized carbons (Fsp3) is 0.571. The predicted molar refractivity (Wildman–Crippen MR) is 72.6 cm³/mol. The fourth-order valence-electron chi connectivity index (χ4n) is 2.62. The van der Waals surface area contributed by atoms with Gasteiger partial charge in [-0.15, -0.1) is 0 Å². The van der Waals surface area contributed by atoms with E-state index < -0.39 is 5.97 Å². The van der Waals surface area contributed by atoms with Gasteiger partial charge < -0.3 is 10.0 Å². The number of hydrogen-bond acceptors (Lipinski definition) is 4. The molecule has 5 heteroatoms. The summed E-state index contributed by atoms with van der Waals surface area (Å²) in [5.41, 5.74) is 0.304. The van der Waals surface area contributed by atoms with Gasteiger partial charge in [0.15, 0.2) is 0 Å². The van der Waals surface area contributed by atoms with Crippen molar-refractivity contribution in [2.24, 2.45) is 5.92 Å². The van der Waals surface area contributed by atoms with Crippen LogP contribution in [0.3, 0.4) is 0 Å². The van der Waals surface area contributed by atoms with Crippen LogP contribution in [0.5, 0.6) is 0 Å². The first-order valence-corrected chi connectivity index (χ1v) is 6.89. The van der Waals surface area contributed by atoms with Gasteiger partial charge >= 0.3 is 5.97 Å². The molecule has 19 heavy (non-hydrogen) atoms. The maximum atomic E-state index is 11.2. The number of carboxylic acid groups (broad SMARTS) is 1. The van der Waals surface area contributed by atoms with E-state index in [2.05, 4.69) is 14.8 Å². The highest BCUT2D eigenvalue weighted by Gasteiger charge is 2.27. The molecule has 1 aliphatic heterocycles. The molecule has 2 aliphatic rings. The molecule has 1 saturated heterocycles. The van der Waals surface area contributed by atoms with Crippen molar-refractivity contribution < 1.29 is 9.90 Å². The summed E-state index contributed by atoms with van der Waals surface area (Å²) in [7, 11) is 0. The van der Waals surface area contributed by atoms with Crippen LogP contribution in [0, 0.1) is 5.92 Å². The summed E-state index contributed by atoms with van der Waals surface area (Å²) >= 11 is 0. The number of aromatic nitrogens is 1. The van der Waals surface area contributed by atoms with E-state index in [9.17, 15) is 9.90 Å². The number of aromatic carboxylic acids is 1. The summed E-state index contributed by atoms with van der Waals surface area (Å²) in [6.07, 6.45) is 4.42. The monoisotopic (exact) mass is 261 g/mol. The molecule has 0 atom stereocenters. The lowest BCUT2D eigenvalue weighted by Crippen LogP contribution is -2.47. The van der Waals surface area contributed by atoms with E-state index in [-0.39, 0.29) is 0 Å². The molecule has 1 aromatic heterocycles. The largest absolute Gasteiger partial charge is 0.478 e. The zero-order chi connectivity index (χ0) is 13.2. The van der Waals surface area contributed by atoms with Crippen LogP contribution in [0.15, 0.2) is 18.3 Å². The summed E-state index contributed by atoms with van der Waals surface area (Å²) in [5, 5.41) is 9.20. The molecule has 1 aliphatic carbocycles. The highest BCUT2D eigenvalue weighted by atomic mass is 16.4. The van der Waals surface area contributed by atoms with Crippen molar-refractivity contribution >= 4 is 11.8 Å². The molecule has 3 rings (SSSR count). The van der Waals surface area contributed by atoms with Gasteiger partial charge in [0.1, 0.15) is 11.4 Å². The first kappa shape index (κ1) is 12.4. The Kier molecular flexibility index (Phi) is 3.38. The molecule has 0 unspecified atom stereocenters. The van der Waals surface area contributed by atoms with Gasteiger partial charge in [0.05, 0.1) is 0 Å². The molecular formula is C14H19N3O2. The lowest BCUT2D eigenvalue weighted by Gasteiger charge is -2.35. The van der Waals surface area contributed by atoms with Gasteiger partial charge in [0, 0.05) is 38.9 Å². The van der Waals surface area contributed by atoms with Crippen LogP contribution in [0.4, 0.5) is 5.82 Å². The number of carboxylic acids is 1. The van der Waals surface area contributed by atoms with Gasteiger partial charge in [-0.1, -0.05) is 0 Å².